The van der Waals surface area contributed by atoms with E-state index >= 15 is 0 Å². The van der Waals surface area contributed by atoms with Crippen LogP contribution < -0.4 is 10.6 Å². The van der Waals surface area contributed by atoms with Crippen LogP contribution in [0.4, 0.5) is 0 Å². The summed E-state index contributed by atoms with van der Waals surface area (Å²) in [4.78, 5) is 28.9. The van der Waals surface area contributed by atoms with Crippen LogP contribution in [-0.4, -0.2) is 71.0 Å². The van der Waals surface area contributed by atoms with Gasteiger partial charge in [-0.05, 0) is 37.8 Å². The highest BCUT2D eigenvalue weighted by atomic mass is 16.4. The zero-order valence-corrected chi connectivity index (χ0v) is 16.2. The number of likely N-dealkylation sites (tertiary alicyclic amines) is 1. The highest BCUT2D eigenvalue weighted by molar-refractivity contribution is 5.83. The maximum Gasteiger partial charge on any atom is 0.237 e. The fourth-order valence-electron chi connectivity index (χ4n) is 4.65. The molecule has 0 radical (unpaired) electrons. The van der Waals surface area contributed by atoms with Crippen molar-refractivity contribution in [2.45, 2.75) is 63.4 Å². The van der Waals surface area contributed by atoms with Crippen molar-refractivity contribution in [2.75, 3.05) is 26.2 Å². The summed E-state index contributed by atoms with van der Waals surface area (Å²) in [5.41, 5.74) is 0. The molecule has 3 N–H and O–H groups in total. The number of aliphatic hydroxyl groups is 1. The van der Waals surface area contributed by atoms with Crippen molar-refractivity contribution in [3.63, 3.8) is 0 Å². The van der Waals surface area contributed by atoms with Crippen LogP contribution in [0.15, 0.2) is 16.5 Å². The summed E-state index contributed by atoms with van der Waals surface area (Å²) in [5, 5.41) is 15.6. The van der Waals surface area contributed by atoms with E-state index < -0.39 is 0 Å². The number of hydrogen-bond acceptors (Lipinski definition) is 6. The number of aliphatic hydroxyl groups excluding tert-OH is 1. The van der Waals surface area contributed by atoms with Crippen molar-refractivity contribution >= 4 is 11.8 Å². The van der Waals surface area contributed by atoms with E-state index in [0.29, 0.717) is 25.3 Å². The van der Waals surface area contributed by atoms with Gasteiger partial charge >= 0.3 is 0 Å². The van der Waals surface area contributed by atoms with Crippen molar-refractivity contribution in [1.29, 1.82) is 0 Å². The summed E-state index contributed by atoms with van der Waals surface area (Å²) in [6, 6.07) is 3.93. The molecule has 3 atom stereocenters. The van der Waals surface area contributed by atoms with E-state index in [4.69, 9.17) is 9.52 Å². The van der Waals surface area contributed by atoms with Crippen LogP contribution in [0.5, 0.6) is 0 Å². The predicted octanol–water partition coefficient (Wildman–Crippen LogP) is 0.205. The Morgan fingerprint density at radius 1 is 1.29 bits per heavy atom. The number of piperazine rings is 1. The molecular weight excluding hydrogens is 360 g/mol. The Morgan fingerprint density at radius 3 is 2.82 bits per heavy atom. The number of rotatable bonds is 7. The quantitative estimate of drug-likeness (QED) is 0.616. The first-order valence-corrected chi connectivity index (χ1v) is 10.4. The predicted molar refractivity (Wildman–Crippen MR) is 102 cm³/mol. The summed E-state index contributed by atoms with van der Waals surface area (Å²) in [6.07, 6.45) is 4.33. The number of fused-ring (bicyclic) bond motifs is 1. The first kappa shape index (κ1) is 19.4. The van der Waals surface area contributed by atoms with Crippen molar-refractivity contribution < 1.29 is 19.1 Å². The first-order chi connectivity index (χ1) is 13.6. The molecule has 4 rings (SSSR count). The maximum atomic E-state index is 12.4. The molecule has 3 fully saturated rings. The summed E-state index contributed by atoms with van der Waals surface area (Å²) in [7, 11) is 0. The highest BCUT2D eigenvalue weighted by Gasteiger charge is 2.43. The lowest BCUT2D eigenvalue weighted by molar-refractivity contribution is -0.131. The molecule has 3 aliphatic heterocycles. The van der Waals surface area contributed by atoms with Gasteiger partial charge in [-0.25, -0.2) is 0 Å². The van der Waals surface area contributed by atoms with Crippen molar-refractivity contribution in [3.8, 4) is 0 Å². The minimum absolute atomic E-state index is 0.0898. The normalized spacial score (nSPS) is 27.8. The van der Waals surface area contributed by atoms with E-state index in [0.717, 1.165) is 51.1 Å². The number of hydrogen-bond donors (Lipinski definition) is 3. The second kappa shape index (κ2) is 8.63. The molecule has 3 aliphatic rings. The van der Waals surface area contributed by atoms with Crippen LogP contribution in [0.1, 0.15) is 43.6 Å². The summed E-state index contributed by atoms with van der Waals surface area (Å²) in [6.45, 7) is 3.68. The van der Waals surface area contributed by atoms with Gasteiger partial charge in [0.15, 0.2) is 0 Å². The van der Waals surface area contributed by atoms with E-state index in [1.54, 1.807) is 6.07 Å². The number of carbonyl (C=O) groups excluding carboxylic acids is 2. The van der Waals surface area contributed by atoms with Gasteiger partial charge in [-0.3, -0.25) is 14.5 Å². The van der Waals surface area contributed by atoms with Crippen LogP contribution in [0, 0.1) is 0 Å². The first-order valence-electron chi connectivity index (χ1n) is 10.4. The van der Waals surface area contributed by atoms with Crippen LogP contribution >= 0.6 is 0 Å². The third-order valence-corrected chi connectivity index (χ3v) is 6.21. The topological polar surface area (TPSA) is 98.1 Å². The summed E-state index contributed by atoms with van der Waals surface area (Å²) in [5.74, 6) is 1.68. The van der Waals surface area contributed by atoms with Gasteiger partial charge in [0.1, 0.15) is 18.1 Å². The zero-order chi connectivity index (χ0) is 19.5. The van der Waals surface area contributed by atoms with Gasteiger partial charge < -0.3 is 25.1 Å². The molecule has 0 saturated carbocycles. The summed E-state index contributed by atoms with van der Waals surface area (Å²) >= 11 is 0. The molecular formula is C20H30N4O4. The Morgan fingerprint density at radius 2 is 2.07 bits per heavy atom. The molecule has 0 bridgehead atoms. The molecule has 154 valence electrons. The van der Waals surface area contributed by atoms with Crippen LogP contribution in [0.25, 0.3) is 0 Å². The molecule has 0 spiro atoms. The Bertz CT molecular complexity index is 700. The van der Waals surface area contributed by atoms with E-state index in [1.807, 2.05) is 11.0 Å². The van der Waals surface area contributed by atoms with Gasteiger partial charge in [-0.1, -0.05) is 0 Å². The molecule has 1 aromatic heterocycles. The summed E-state index contributed by atoms with van der Waals surface area (Å²) < 4.78 is 5.52. The van der Waals surface area contributed by atoms with Gasteiger partial charge in [-0.2, -0.15) is 0 Å². The second-order valence-electron chi connectivity index (χ2n) is 8.08. The molecule has 1 aromatic rings. The van der Waals surface area contributed by atoms with E-state index in [2.05, 4.69) is 15.5 Å². The lowest BCUT2D eigenvalue weighted by Crippen LogP contribution is -2.58. The number of nitrogens with one attached hydrogen (secondary N) is 2. The Hall–Kier alpha value is -1.90. The zero-order valence-electron chi connectivity index (χ0n) is 16.2. The molecule has 0 unspecified atom stereocenters. The minimum Gasteiger partial charge on any atom is -0.462 e. The molecule has 2 amide bonds. The van der Waals surface area contributed by atoms with Crippen LogP contribution in [-0.2, 0) is 22.7 Å². The number of furan rings is 1. The number of nitrogens with zero attached hydrogens (tertiary/aromatic N) is 2. The molecule has 4 heterocycles. The van der Waals surface area contributed by atoms with Gasteiger partial charge in [0.05, 0.1) is 12.6 Å². The average molecular weight is 390 g/mol. The number of carbonyl (C=O) groups is 2. The Balaban J connectivity index is 1.30. The lowest BCUT2D eigenvalue weighted by atomic mass is 10.0. The smallest absolute Gasteiger partial charge is 0.237 e. The van der Waals surface area contributed by atoms with Crippen molar-refractivity contribution in [2.24, 2.45) is 0 Å². The van der Waals surface area contributed by atoms with Gasteiger partial charge in [-0.15, -0.1) is 0 Å². The third-order valence-electron chi connectivity index (χ3n) is 6.21. The largest absolute Gasteiger partial charge is 0.462 e. The van der Waals surface area contributed by atoms with Gasteiger partial charge in [0, 0.05) is 44.7 Å². The monoisotopic (exact) mass is 390 g/mol. The third kappa shape index (κ3) is 4.24. The Labute approximate surface area is 165 Å². The Kier molecular flexibility index (Phi) is 5.99. The SMILES string of the molecule is O=C1NC[C@@H](CCC(=O)N2CCCC2)N2C[C@H](NCc3ccc(CO)o3)C[C@H]12. The lowest BCUT2D eigenvalue weighted by Gasteiger charge is -2.37. The van der Waals surface area contributed by atoms with E-state index in [-0.39, 0.29) is 36.5 Å². The molecule has 0 aliphatic carbocycles. The molecule has 28 heavy (non-hydrogen) atoms. The molecule has 8 heteroatoms. The van der Waals surface area contributed by atoms with Crippen LogP contribution in [0.3, 0.4) is 0 Å². The average Bonchev–Trinajstić information content (AvgIpc) is 3.46. The highest BCUT2D eigenvalue weighted by Crippen LogP contribution is 2.26. The number of amides is 2. The van der Waals surface area contributed by atoms with E-state index in [9.17, 15) is 9.59 Å². The standard InChI is InChI=1S/C20H30N4O4/c25-13-17-5-4-16(28-17)11-21-14-9-18-20(27)22-10-15(24(18)12-14)3-6-19(26)23-7-1-2-8-23/h4-5,14-15,18,21,25H,1-3,6-13H2,(H,22,27)/t14-,15-,18-/m1/s1. The van der Waals surface area contributed by atoms with Crippen LogP contribution in [0.2, 0.25) is 0 Å². The maximum absolute atomic E-state index is 12.4. The molecule has 0 aromatic carbocycles. The second-order valence-corrected chi connectivity index (χ2v) is 8.08. The molecule has 3 saturated heterocycles. The fraction of sp³-hybridized carbons (Fsp3) is 0.700. The van der Waals surface area contributed by atoms with Crippen molar-refractivity contribution in [1.82, 2.24) is 20.4 Å². The van der Waals surface area contributed by atoms with Gasteiger partial charge in [0.25, 0.3) is 0 Å². The van der Waals surface area contributed by atoms with Crippen molar-refractivity contribution in [3.05, 3.63) is 23.7 Å². The van der Waals surface area contributed by atoms with Gasteiger partial charge in [0.2, 0.25) is 11.8 Å². The fourth-order valence-corrected chi connectivity index (χ4v) is 4.65. The van der Waals surface area contributed by atoms with E-state index in [1.165, 1.54) is 0 Å². The minimum atomic E-state index is -0.122. The molecule has 8 nitrogen and oxygen atoms in total.